The molecule has 3 aliphatic rings. The van der Waals surface area contributed by atoms with Crippen molar-refractivity contribution in [3.8, 4) is 34.5 Å². The summed E-state index contributed by atoms with van der Waals surface area (Å²) in [7, 11) is 7.92. The van der Waals surface area contributed by atoms with Crippen LogP contribution in [-0.2, 0) is 16.2 Å². The number of benzene rings is 6. The lowest BCUT2D eigenvalue weighted by molar-refractivity contribution is 0.0931. The van der Waals surface area contributed by atoms with E-state index in [1.807, 2.05) is 85.8 Å². The van der Waals surface area contributed by atoms with E-state index in [2.05, 4.69) is 24.3 Å². The van der Waals surface area contributed by atoms with Crippen molar-refractivity contribution in [1.29, 1.82) is 0 Å². The quantitative estimate of drug-likeness (QED) is 0.0595. The maximum atomic E-state index is 14.7. The average molecular weight is 1240 g/mol. The Labute approximate surface area is 532 Å². The van der Waals surface area contributed by atoms with E-state index in [-0.39, 0.29) is 39.3 Å². The molecule has 6 aromatic carbocycles. The molecule has 0 amide bonds. The molecule has 14 heteroatoms. The van der Waals surface area contributed by atoms with Crippen LogP contribution in [0.3, 0.4) is 0 Å². The molecule has 0 atom stereocenters. The number of para-hydroxylation sites is 2. The summed E-state index contributed by atoms with van der Waals surface area (Å²) in [5.74, 6) is 4.44. The number of hydrogen-bond donors (Lipinski definition) is 0. The minimum Gasteiger partial charge on any atom is -0.493 e. The zero-order valence-corrected chi connectivity index (χ0v) is 53.7. The Morgan fingerprint density at radius 2 is 0.822 bits per heavy atom. The number of hydrogen-bond acceptors (Lipinski definition) is 12. The molecule has 0 radical (unpaired) electrons. The topological polar surface area (TPSA) is 146 Å². The first kappa shape index (κ1) is 64.9. The Morgan fingerprint density at radius 3 is 1.26 bits per heavy atom. The first-order valence-corrected chi connectivity index (χ1v) is 32.4. The van der Waals surface area contributed by atoms with Crippen LogP contribution >= 0.6 is 11.6 Å². The van der Waals surface area contributed by atoms with Gasteiger partial charge in [0.15, 0.2) is 74.9 Å². The van der Waals surface area contributed by atoms with Gasteiger partial charge in [-0.2, -0.15) is 0 Å². The van der Waals surface area contributed by atoms with E-state index in [0.29, 0.717) is 65.9 Å². The van der Waals surface area contributed by atoms with Crippen LogP contribution in [0, 0.1) is 5.82 Å². The van der Waals surface area contributed by atoms with Crippen LogP contribution in [-0.4, -0.2) is 59.5 Å². The molecule has 3 aromatic heterocycles. The minimum atomic E-state index is -0.430. The lowest BCUT2D eigenvalue weighted by atomic mass is 9.66. The van der Waals surface area contributed by atoms with Crippen LogP contribution < -0.4 is 28.4 Å². The summed E-state index contributed by atoms with van der Waals surface area (Å²) in [6, 6.07) is 42.1. The summed E-state index contributed by atoms with van der Waals surface area (Å²) in [4.78, 5) is 38.8. The second-order valence-corrected chi connectivity index (χ2v) is 24.9. The van der Waals surface area contributed by atoms with E-state index >= 15 is 0 Å². The number of Topliss-reactive ketones (excluding diaryl/α,β-unsaturated/α-hetero) is 3. The number of halogens is 2. The van der Waals surface area contributed by atoms with Crippen LogP contribution in [0.4, 0.5) is 4.39 Å². The summed E-state index contributed by atoms with van der Waals surface area (Å²) in [6.07, 6.45) is 20.3. The first-order chi connectivity index (χ1) is 43.7. The predicted octanol–water partition coefficient (Wildman–Crippen LogP) is 20.1. The molecule has 0 aliphatic heterocycles. The van der Waals surface area contributed by atoms with E-state index in [9.17, 15) is 18.8 Å². The molecule has 9 aromatic rings. The normalized spacial score (nSPS) is 15.8. The van der Waals surface area contributed by atoms with Crippen molar-refractivity contribution < 1.29 is 60.4 Å². The number of methoxy groups -OCH3 is 5. The summed E-state index contributed by atoms with van der Waals surface area (Å²) >= 11 is 6.06. The maximum absolute atomic E-state index is 14.7. The number of ketones is 3. The molecule has 12 rings (SSSR count). The third-order valence-corrected chi connectivity index (χ3v) is 19.4. The Bertz CT molecular complexity index is 3840. The standard InChI is InChI=1S/C26H30O4.C25H27ClO4.C25H27FO4/c1-3-29-25-18-20(11-12-23(25)28-2)26(14-7-4-8-15-26)16-13-21(27)24-17-19-9-5-6-10-22(19)30-24;1-28-22-8-6-18(16-24(22)29-2)25(11-4-3-5-12-25)13-10-20(27)23-15-17-14-19(26)7-9-21(17)30-23;1-28-23-16-18(15-19(26)24(23)29-2)25(11-6-3-7-12-25)13-10-20(27)22-14-17-8-4-5-9-21(17)30-22/h5-6,9-12,17-18H,3-4,7-8,13-16H2,1-2H3;6-9,14-16H,3-5,10-13H2,1-2H3;4-5,8-9,14-16H,3,6-7,10-13H2,1-2H3. The fraction of sp³-hybridized carbons (Fsp3) is 0.408. The largest absolute Gasteiger partial charge is 0.493 e. The second-order valence-electron chi connectivity index (χ2n) is 24.4. The number of rotatable bonds is 22. The number of carbonyl (C=O) groups excluding carboxylic acids is 3. The van der Waals surface area contributed by atoms with E-state index in [0.717, 1.165) is 127 Å². The van der Waals surface area contributed by atoms with Gasteiger partial charge in [0.2, 0.25) is 0 Å². The Kier molecular flexibility index (Phi) is 21.5. The lowest BCUT2D eigenvalue weighted by Gasteiger charge is -2.38. The zero-order chi connectivity index (χ0) is 63.3. The molecular formula is C76H84ClFO12. The molecule has 12 nitrogen and oxygen atoms in total. The van der Waals surface area contributed by atoms with Crippen molar-refractivity contribution in [3.63, 3.8) is 0 Å². The number of furan rings is 3. The first-order valence-electron chi connectivity index (χ1n) is 32.0. The number of fused-ring (bicyclic) bond motifs is 3. The average Bonchev–Trinajstić information content (AvgIpc) is 2.20. The number of ether oxygens (including phenoxy) is 6. The molecule has 0 saturated heterocycles. The van der Waals surface area contributed by atoms with Crippen molar-refractivity contribution in [3.05, 3.63) is 178 Å². The van der Waals surface area contributed by atoms with E-state index in [1.165, 1.54) is 63.9 Å². The van der Waals surface area contributed by atoms with Gasteiger partial charge in [-0.3, -0.25) is 14.4 Å². The third kappa shape index (κ3) is 14.7. The fourth-order valence-corrected chi connectivity index (χ4v) is 14.4. The smallest absolute Gasteiger partial charge is 0.198 e. The third-order valence-electron chi connectivity index (χ3n) is 19.2. The SMILES string of the molecule is CCOc1cc(C2(CCC(=O)c3cc4ccccc4o3)CCCCC2)ccc1OC.COc1cc(C2(CCC(=O)c3cc4ccccc4o3)CCCCC2)cc(F)c1OC.COc1ccc(C2(CCC(=O)c3cc4cc(Cl)ccc4o3)CCCCC2)cc1OC. The van der Waals surface area contributed by atoms with Gasteiger partial charge in [-0.05, 0) is 183 Å². The fourth-order valence-electron chi connectivity index (χ4n) is 14.2. The van der Waals surface area contributed by atoms with Crippen LogP contribution in [0.1, 0.15) is 190 Å². The van der Waals surface area contributed by atoms with Crippen LogP contribution in [0.2, 0.25) is 5.02 Å². The molecule has 90 heavy (non-hydrogen) atoms. The highest BCUT2D eigenvalue weighted by molar-refractivity contribution is 6.31. The van der Waals surface area contributed by atoms with Gasteiger partial charge < -0.3 is 41.7 Å². The zero-order valence-electron chi connectivity index (χ0n) is 52.9. The van der Waals surface area contributed by atoms with Crippen LogP contribution in [0.25, 0.3) is 32.9 Å². The number of carbonyl (C=O) groups is 3. The molecule has 0 spiro atoms. The minimum absolute atomic E-state index is 0.00194. The Balaban J connectivity index is 0.000000148. The Morgan fingerprint density at radius 1 is 0.422 bits per heavy atom. The van der Waals surface area contributed by atoms with Gasteiger partial charge in [-0.25, -0.2) is 4.39 Å². The van der Waals surface area contributed by atoms with E-state index in [1.54, 1.807) is 51.7 Å². The monoisotopic (exact) mass is 1240 g/mol. The summed E-state index contributed by atoms with van der Waals surface area (Å²) in [6.45, 7) is 2.58. The van der Waals surface area contributed by atoms with E-state index in [4.69, 9.17) is 53.3 Å². The van der Waals surface area contributed by atoms with Gasteiger partial charge in [0, 0.05) is 40.4 Å². The summed E-state index contributed by atoms with van der Waals surface area (Å²) in [5, 5.41) is 3.40. The molecule has 0 bridgehead atoms. The highest BCUT2D eigenvalue weighted by atomic mass is 35.5. The van der Waals surface area contributed by atoms with Gasteiger partial charge >= 0.3 is 0 Å². The second kappa shape index (κ2) is 29.7. The van der Waals surface area contributed by atoms with Crippen molar-refractivity contribution in [1.82, 2.24) is 0 Å². The van der Waals surface area contributed by atoms with Gasteiger partial charge in [0.05, 0.1) is 42.2 Å². The lowest BCUT2D eigenvalue weighted by Crippen LogP contribution is -2.30. The van der Waals surface area contributed by atoms with Crippen molar-refractivity contribution >= 4 is 61.9 Å². The maximum Gasteiger partial charge on any atom is 0.198 e. The van der Waals surface area contributed by atoms with Crippen molar-refractivity contribution in [2.75, 3.05) is 42.2 Å². The Hall–Kier alpha value is -8.03. The molecule has 3 heterocycles. The summed E-state index contributed by atoms with van der Waals surface area (Å²) < 4.78 is 64.8. The highest BCUT2D eigenvalue weighted by Crippen LogP contribution is 2.49. The molecule has 0 N–H and O–H groups in total. The van der Waals surface area contributed by atoms with Crippen LogP contribution in [0.15, 0.2) is 147 Å². The van der Waals surface area contributed by atoms with Gasteiger partial charge in [-0.1, -0.05) is 118 Å². The molecule has 3 saturated carbocycles. The van der Waals surface area contributed by atoms with Gasteiger partial charge in [0.1, 0.15) is 16.7 Å². The molecule has 474 valence electrons. The van der Waals surface area contributed by atoms with Crippen molar-refractivity contribution in [2.24, 2.45) is 0 Å². The van der Waals surface area contributed by atoms with Crippen molar-refractivity contribution in [2.45, 2.75) is 158 Å². The van der Waals surface area contributed by atoms with E-state index < -0.39 is 5.82 Å². The predicted molar refractivity (Wildman–Crippen MR) is 352 cm³/mol. The van der Waals surface area contributed by atoms with Crippen LogP contribution in [0.5, 0.6) is 34.5 Å². The molecule has 0 unspecified atom stereocenters. The van der Waals surface area contributed by atoms with Gasteiger partial charge in [-0.15, -0.1) is 0 Å². The van der Waals surface area contributed by atoms with Gasteiger partial charge in [0.25, 0.3) is 0 Å². The molecule has 3 fully saturated rings. The molecular weight excluding hydrogens is 1160 g/mol. The summed E-state index contributed by atoms with van der Waals surface area (Å²) in [5.41, 5.74) is 5.26. The highest BCUT2D eigenvalue weighted by Gasteiger charge is 2.39. The molecule has 3 aliphatic carbocycles.